The Balaban J connectivity index is 1.76. The van der Waals surface area contributed by atoms with Crippen LogP contribution in [0, 0.1) is 0 Å². The smallest absolute Gasteiger partial charge is 0.280 e. The maximum atomic E-state index is 13.6. The summed E-state index contributed by atoms with van der Waals surface area (Å²) in [5, 5.41) is 6.22. The van der Waals surface area contributed by atoms with Gasteiger partial charge in [0.2, 0.25) is 10.9 Å². The first-order chi connectivity index (χ1) is 18.0. The Hall–Kier alpha value is -4.31. The van der Waals surface area contributed by atoms with Gasteiger partial charge in [0, 0.05) is 11.1 Å². The Morgan fingerprint density at radius 3 is 2.19 bits per heavy atom. The second-order valence-electron chi connectivity index (χ2n) is 7.61. The quantitative estimate of drug-likeness (QED) is 0.204. The Morgan fingerprint density at radius 2 is 1.59 bits per heavy atom. The van der Waals surface area contributed by atoms with Gasteiger partial charge in [0.25, 0.3) is 5.91 Å². The summed E-state index contributed by atoms with van der Waals surface area (Å²) in [6.07, 6.45) is 1.55. The maximum absolute atomic E-state index is 13.6. The van der Waals surface area contributed by atoms with Crippen molar-refractivity contribution in [2.75, 3.05) is 40.1 Å². The summed E-state index contributed by atoms with van der Waals surface area (Å²) in [4.78, 5) is 18.3. The second kappa shape index (κ2) is 11.6. The number of carbonyl (C=O) groups excluding carboxylic acids is 1. The third-order valence-corrected chi connectivity index (χ3v) is 6.37. The van der Waals surface area contributed by atoms with Gasteiger partial charge in [-0.3, -0.25) is 4.79 Å². The largest absolute Gasteiger partial charge is 0.497 e. The zero-order valence-electron chi connectivity index (χ0n) is 21.2. The number of aromatic nitrogens is 1. The fourth-order valence-electron chi connectivity index (χ4n) is 3.58. The van der Waals surface area contributed by atoms with Crippen LogP contribution in [0.15, 0.2) is 59.7 Å². The normalized spacial score (nSPS) is 10.9. The highest BCUT2D eigenvalue weighted by atomic mass is 32.1. The highest BCUT2D eigenvalue weighted by Gasteiger charge is 2.22. The van der Waals surface area contributed by atoms with Crippen LogP contribution < -0.4 is 28.7 Å². The molecule has 0 radical (unpaired) electrons. The van der Waals surface area contributed by atoms with Crippen molar-refractivity contribution in [3.63, 3.8) is 0 Å². The molecule has 1 heterocycles. The van der Waals surface area contributed by atoms with Gasteiger partial charge in [-0.15, -0.1) is 0 Å². The van der Waals surface area contributed by atoms with Crippen molar-refractivity contribution in [1.29, 1.82) is 0 Å². The molecule has 0 spiro atoms. The van der Waals surface area contributed by atoms with E-state index >= 15 is 0 Å². The zero-order valence-corrected chi connectivity index (χ0v) is 22.0. The highest BCUT2D eigenvalue weighted by Crippen LogP contribution is 2.38. The number of nitrogens with zero attached hydrogens (tertiary/aromatic N) is 3. The molecule has 0 saturated carbocycles. The number of methoxy groups -OCH3 is 4. The summed E-state index contributed by atoms with van der Waals surface area (Å²) in [6.45, 7) is 2.44. The number of rotatable bonds is 10. The summed E-state index contributed by atoms with van der Waals surface area (Å²) >= 11 is 1.33. The van der Waals surface area contributed by atoms with Crippen molar-refractivity contribution in [2.45, 2.75) is 6.92 Å². The molecule has 37 heavy (non-hydrogen) atoms. The van der Waals surface area contributed by atoms with E-state index in [-0.39, 0.29) is 5.91 Å². The van der Waals surface area contributed by atoms with Crippen LogP contribution in [0.5, 0.6) is 28.7 Å². The van der Waals surface area contributed by atoms with Crippen molar-refractivity contribution < 1.29 is 28.5 Å². The molecule has 1 aromatic heterocycles. The molecule has 4 rings (SSSR count). The lowest BCUT2D eigenvalue weighted by atomic mass is 10.2. The predicted octanol–water partition coefficient (Wildman–Crippen LogP) is 5.41. The van der Waals surface area contributed by atoms with Gasteiger partial charge in [-0.2, -0.15) is 10.1 Å². The van der Waals surface area contributed by atoms with Gasteiger partial charge in [0.1, 0.15) is 11.5 Å². The van der Waals surface area contributed by atoms with Gasteiger partial charge in [0.05, 0.1) is 51.5 Å². The van der Waals surface area contributed by atoms with Crippen LogP contribution in [0.25, 0.3) is 10.2 Å². The molecule has 0 bridgehead atoms. The molecular formula is C27H27N3O6S. The van der Waals surface area contributed by atoms with Crippen LogP contribution in [0.3, 0.4) is 0 Å². The number of hydrogen-bond donors (Lipinski definition) is 0. The Bertz CT molecular complexity index is 1390. The number of fused-ring (bicyclic) bond motifs is 1. The monoisotopic (exact) mass is 521 g/mol. The topological polar surface area (TPSA) is 91.7 Å². The Kier molecular flexibility index (Phi) is 8.09. The summed E-state index contributed by atoms with van der Waals surface area (Å²) in [5.41, 5.74) is 1.80. The number of amides is 1. The molecule has 9 nitrogen and oxygen atoms in total. The first kappa shape index (κ1) is 25.8. The van der Waals surface area contributed by atoms with Crippen LogP contribution in [-0.2, 0) is 0 Å². The van der Waals surface area contributed by atoms with Crippen molar-refractivity contribution >= 4 is 38.8 Å². The SMILES string of the molecule is CCOc1ccc(C(=O)N(/N=C/c2cc(OC)c(OC)c(OC)c2)c2nc3ccc(OC)cc3s2)cc1. The van der Waals surface area contributed by atoms with Crippen LogP contribution in [0.2, 0.25) is 0 Å². The molecule has 192 valence electrons. The molecule has 0 atom stereocenters. The van der Waals surface area contributed by atoms with E-state index in [0.717, 1.165) is 10.2 Å². The van der Waals surface area contributed by atoms with Gasteiger partial charge < -0.3 is 23.7 Å². The molecule has 0 fully saturated rings. The Morgan fingerprint density at radius 1 is 0.919 bits per heavy atom. The molecule has 0 aliphatic heterocycles. The molecular weight excluding hydrogens is 494 g/mol. The molecule has 0 unspecified atom stereocenters. The summed E-state index contributed by atoms with van der Waals surface area (Å²) in [5.74, 6) is 2.44. The van der Waals surface area contributed by atoms with E-state index in [1.165, 1.54) is 37.7 Å². The van der Waals surface area contributed by atoms with E-state index in [0.29, 0.717) is 51.6 Å². The van der Waals surface area contributed by atoms with Crippen LogP contribution in [-0.4, -0.2) is 52.2 Å². The predicted molar refractivity (Wildman–Crippen MR) is 144 cm³/mol. The summed E-state index contributed by atoms with van der Waals surface area (Å²) in [7, 11) is 6.21. The van der Waals surface area contributed by atoms with Crippen LogP contribution in [0.1, 0.15) is 22.8 Å². The Labute approximate surface area is 218 Å². The lowest BCUT2D eigenvalue weighted by Gasteiger charge is -2.15. The summed E-state index contributed by atoms with van der Waals surface area (Å²) in [6, 6.07) is 15.9. The van der Waals surface area contributed by atoms with E-state index in [1.54, 1.807) is 49.7 Å². The highest BCUT2D eigenvalue weighted by molar-refractivity contribution is 7.22. The molecule has 0 aliphatic rings. The summed E-state index contributed by atoms with van der Waals surface area (Å²) < 4.78 is 28.0. The maximum Gasteiger partial charge on any atom is 0.280 e. The third-order valence-electron chi connectivity index (χ3n) is 5.38. The number of hydrazone groups is 1. The van der Waals surface area contributed by atoms with Gasteiger partial charge in [-0.05, 0) is 61.5 Å². The molecule has 10 heteroatoms. The number of carbonyl (C=O) groups is 1. The minimum absolute atomic E-state index is 0.349. The minimum atomic E-state index is -0.349. The third kappa shape index (κ3) is 5.59. The molecule has 1 amide bonds. The molecule has 0 N–H and O–H groups in total. The number of hydrogen-bond acceptors (Lipinski definition) is 9. The van der Waals surface area contributed by atoms with Crippen molar-refractivity contribution in [1.82, 2.24) is 4.98 Å². The van der Waals surface area contributed by atoms with Crippen molar-refractivity contribution in [2.24, 2.45) is 5.10 Å². The number of ether oxygens (including phenoxy) is 5. The average Bonchev–Trinajstić information content (AvgIpc) is 3.35. The molecule has 3 aromatic carbocycles. The fraction of sp³-hybridized carbons (Fsp3) is 0.222. The van der Waals surface area contributed by atoms with E-state index in [1.807, 2.05) is 25.1 Å². The average molecular weight is 522 g/mol. The minimum Gasteiger partial charge on any atom is -0.497 e. The molecule has 0 saturated heterocycles. The van der Waals surface area contributed by atoms with E-state index in [2.05, 4.69) is 10.1 Å². The van der Waals surface area contributed by atoms with Crippen LogP contribution >= 0.6 is 11.3 Å². The first-order valence-corrected chi connectivity index (χ1v) is 12.2. The van der Waals surface area contributed by atoms with Gasteiger partial charge in [-0.25, -0.2) is 4.98 Å². The fourth-order valence-corrected chi connectivity index (χ4v) is 4.53. The standard InChI is InChI=1S/C27H27N3O6S/c1-6-36-19-9-7-18(8-10-19)26(31)30(27-29-21-12-11-20(32-2)15-24(21)37-27)28-16-17-13-22(33-3)25(35-5)23(14-17)34-4/h7-16H,6H2,1-5H3/b28-16+. The van der Waals surface area contributed by atoms with Crippen molar-refractivity contribution in [3.8, 4) is 28.7 Å². The van der Waals surface area contributed by atoms with Gasteiger partial charge >= 0.3 is 0 Å². The lowest BCUT2D eigenvalue weighted by molar-refractivity contribution is 0.0988. The van der Waals surface area contributed by atoms with Crippen molar-refractivity contribution in [3.05, 3.63) is 65.7 Å². The first-order valence-electron chi connectivity index (χ1n) is 11.4. The van der Waals surface area contributed by atoms with E-state index in [4.69, 9.17) is 23.7 Å². The second-order valence-corrected chi connectivity index (χ2v) is 8.62. The van der Waals surface area contributed by atoms with Gasteiger partial charge in [-0.1, -0.05) is 11.3 Å². The number of benzene rings is 3. The van der Waals surface area contributed by atoms with Gasteiger partial charge in [0.15, 0.2) is 11.5 Å². The molecule has 4 aromatic rings. The lowest BCUT2D eigenvalue weighted by Crippen LogP contribution is -2.25. The van der Waals surface area contributed by atoms with E-state index in [9.17, 15) is 4.79 Å². The zero-order chi connectivity index (χ0) is 26.4. The number of thiazole rings is 1. The number of anilines is 1. The van der Waals surface area contributed by atoms with Crippen LogP contribution in [0.4, 0.5) is 5.13 Å². The van der Waals surface area contributed by atoms with E-state index < -0.39 is 0 Å². The molecule has 0 aliphatic carbocycles.